The smallest absolute Gasteiger partial charge is 0.338 e. The summed E-state index contributed by atoms with van der Waals surface area (Å²) in [5.74, 6) is -0.264. The first-order valence-electron chi connectivity index (χ1n) is 11.3. The molecule has 3 rings (SSSR count). The van der Waals surface area contributed by atoms with Crippen molar-refractivity contribution in [2.45, 2.75) is 40.2 Å². The number of aryl methyl sites for hydroxylation is 2. The van der Waals surface area contributed by atoms with Crippen LogP contribution in [-0.2, 0) is 14.3 Å². The number of amides is 3. The zero-order chi connectivity index (χ0) is 23.4. The largest absolute Gasteiger partial charge is 0.463 e. The number of urea groups is 1. The minimum Gasteiger partial charge on any atom is -0.463 e. The first-order valence-corrected chi connectivity index (χ1v) is 11.3. The molecular weight excluding hydrogens is 408 g/mol. The molecule has 0 unspecified atom stereocenters. The third-order valence-corrected chi connectivity index (χ3v) is 6.22. The zero-order valence-corrected chi connectivity index (χ0v) is 19.7. The summed E-state index contributed by atoms with van der Waals surface area (Å²) in [4.78, 5) is 43.6. The van der Waals surface area contributed by atoms with Crippen molar-refractivity contribution in [1.29, 1.82) is 0 Å². The Morgan fingerprint density at radius 3 is 2.44 bits per heavy atom. The highest BCUT2D eigenvalue weighted by atomic mass is 16.5. The Hall–Kier alpha value is -2.87. The number of nitrogens with zero attached hydrogens (tertiary/aromatic N) is 3. The van der Waals surface area contributed by atoms with Crippen LogP contribution in [0.25, 0.3) is 0 Å². The van der Waals surface area contributed by atoms with Crippen LogP contribution >= 0.6 is 0 Å². The number of hydrogen-bond acceptors (Lipinski definition) is 5. The maximum atomic E-state index is 13.1. The van der Waals surface area contributed by atoms with E-state index in [4.69, 9.17) is 4.74 Å². The lowest BCUT2D eigenvalue weighted by Gasteiger charge is -2.39. The van der Waals surface area contributed by atoms with Gasteiger partial charge in [0.05, 0.1) is 18.2 Å². The Balaban J connectivity index is 1.97. The Kier molecular flexibility index (Phi) is 7.56. The van der Waals surface area contributed by atoms with Gasteiger partial charge in [0, 0.05) is 51.9 Å². The van der Waals surface area contributed by atoms with Crippen LogP contribution in [0.15, 0.2) is 29.5 Å². The van der Waals surface area contributed by atoms with Crippen LogP contribution in [0.5, 0.6) is 0 Å². The van der Waals surface area contributed by atoms with Crippen molar-refractivity contribution in [2.75, 3.05) is 46.4 Å². The van der Waals surface area contributed by atoms with Gasteiger partial charge in [0.25, 0.3) is 0 Å². The van der Waals surface area contributed by atoms with Gasteiger partial charge in [0.15, 0.2) is 0 Å². The summed E-state index contributed by atoms with van der Waals surface area (Å²) in [6.45, 7) is 11.0. The summed E-state index contributed by atoms with van der Waals surface area (Å²) in [7, 11) is 1.68. The Labute approximate surface area is 190 Å². The first-order chi connectivity index (χ1) is 15.3. The number of likely N-dealkylation sites (N-methyl/N-ethyl adjacent to an activating group) is 1. The molecule has 32 heavy (non-hydrogen) atoms. The number of piperazine rings is 1. The van der Waals surface area contributed by atoms with Gasteiger partial charge in [-0.25, -0.2) is 9.59 Å². The quantitative estimate of drug-likeness (QED) is 0.684. The lowest BCUT2D eigenvalue weighted by Crippen LogP contribution is -2.53. The molecule has 1 saturated heterocycles. The molecule has 1 aromatic rings. The molecule has 1 fully saturated rings. The number of esters is 1. The molecule has 1 N–H and O–H groups in total. The third kappa shape index (κ3) is 4.96. The van der Waals surface area contributed by atoms with Crippen LogP contribution in [0.1, 0.15) is 43.0 Å². The van der Waals surface area contributed by atoms with Crippen molar-refractivity contribution >= 4 is 17.9 Å². The molecule has 0 radical (unpaired) electrons. The molecule has 8 nitrogen and oxygen atoms in total. The normalized spacial score (nSPS) is 19.8. The predicted molar refractivity (Wildman–Crippen MR) is 122 cm³/mol. The van der Waals surface area contributed by atoms with Gasteiger partial charge in [-0.05, 0) is 31.9 Å². The minimum atomic E-state index is -0.574. The Morgan fingerprint density at radius 2 is 1.81 bits per heavy atom. The fraction of sp³-hybridized carbons (Fsp3) is 0.542. The monoisotopic (exact) mass is 442 g/mol. The minimum absolute atomic E-state index is 0.153. The summed E-state index contributed by atoms with van der Waals surface area (Å²) in [5, 5.41) is 2.99. The number of nitrogens with one attached hydrogen (secondary N) is 1. The lowest BCUT2D eigenvalue weighted by atomic mass is 9.90. The van der Waals surface area contributed by atoms with Crippen molar-refractivity contribution in [1.82, 2.24) is 20.0 Å². The molecule has 174 valence electrons. The van der Waals surface area contributed by atoms with Crippen molar-refractivity contribution < 1.29 is 19.1 Å². The number of rotatable bonds is 6. The van der Waals surface area contributed by atoms with Crippen molar-refractivity contribution in [3.8, 4) is 0 Å². The van der Waals surface area contributed by atoms with Crippen LogP contribution in [-0.4, -0.2) is 79.0 Å². The van der Waals surface area contributed by atoms with Crippen LogP contribution in [0, 0.1) is 13.8 Å². The number of carbonyl (C=O) groups is 3. The maximum Gasteiger partial charge on any atom is 0.338 e. The van der Waals surface area contributed by atoms with Gasteiger partial charge >= 0.3 is 12.0 Å². The van der Waals surface area contributed by atoms with Crippen molar-refractivity contribution in [3.05, 3.63) is 46.2 Å². The second-order valence-electron chi connectivity index (χ2n) is 8.39. The molecule has 2 aliphatic rings. The molecule has 0 spiro atoms. The maximum absolute atomic E-state index is 13.1. The fourth-order valence-electron chi connectivity index (χ4n) is 4.29. The van der Waals surface area contributed by atoms with Crippen LogP contribution in [0.2, 0.25) is 0 Å². The predicted octanol–water partition coefficient (Wildman–Crippen LogP) is 2.37. The molecule has 0 bridgehead atoms. The van der Waals surface area contributed by atoms with E-state index >= 15 is 0 Å². The number of ether oxygens (including phenoxy) is 1. The van der Waals surface area contributed by atoms with E-state index in [0.29, 0.717) is 50.4 Å². The van der Waals surface area contributed by atoms with E-state index in [1.807, 2.05) is 43.9 Å². The standard InChI is InChI=1S/C24H34N4O4/c1-6-20(29)28-12-10-27(11-13-28)15-19-21(23(30)32-7-2)22(25-24(31)26(19)5)18-14-16(3)8-9-17(18)4/h8-9,14,22H,6-7,10-13,15H2,1-5H3,(H,25,31)/t22-/m0/s1. The van der Waals surface area contributed by atoms with Crippen LogP contribution < -0.4 is 5.32 Å². The molecule has 2 heterocycles. The first kappa shape index (κ1) is 23.8. The molecular formula is C24H34N4O4. The van der Waals surface area contributed by atoms with Gasteiger partial charge < -0.3 is 15.0 Å². The van der Waals surface area contributed by atoms with Gasteiger partial charge in [0.2, 0.25) is 5.91 Å². The molecule has 0 aliphatic carbocycles. The van der Waals surface area contributed by atoms with Gasteiger partial charge in [-0.2, -0.15) is 0 Å². The van der Waals surface area contributed by atoms with E-state index in [-0.39, 0.29) is 18.5 Å². The van der Waals surface area contributed by atoms with Gasteiger partial charge in [-0.15, -0.1) is 0 Å². The highest BCUT2D eigenvalue weighted by molar-refractivity contribution is 5.95. The second kappa shape index (κ2) is 10.2. The Morgan fingerprint density at radius 1 is 1.12 bits per heavy atom. The number of benzene rings is 1. The highest BCUT2D eigenvalue weighted by Gasteiger charge is 2.38. The summed E-state index contributed by atoms with van der Waals surface area (Å²) < 4.78 is 5.42. The second-order valence-corrected chi connectivity index (χ2v) is 8.39. The number of hydrogen-bond donors (Lipinski definition) is 1. The van der Waals surface area contributed by atoms with Gasteiger partial charge in [0.1, 0.15) is 0 Å². The SMILES string of the molecule is CCOC(=O)C1=C(CN2CCN(C(=O)CC)CC2)N(C)C(=O)N[C@H]1c1cc(C)ccc1C. The van der Waals surface area contributed by atoms with E-state index in [0.717, 1.165) is 16.7 Å². The van der Waals surface area contributed by atoms with Crippen molar-refractivity contribution in [3.63, 3.8) is 0 Å². The molecule has 2 aliphatic heterocycles. The topological polar surface area (TPSA) is 82.2 Å². The zero-order valence-electron chi connectivity index (χ0n) is 19.7. The molecule has 3 amide bonds. The summed E-state index contributed by atoms with van der Waals surface area (Å²) in [6, 6.07) is 5.20. The third-order valence-electron chi connectivity index (χ3n) is 6.22. The molecule has 8 heteroatoms. The average Bonchev–Trinajstić information content (AvgIpc) is 2.78. The van der Waals surface area contributed by atoms with E-state index in [1.165, 1.54) is 4.90 Å². The van der Waals surface area contributed by atoms with Crippen LogP contribution in [0.4, 0.5) is 4.79 Å². The number of carbonyl (C=O) groups excluding carboxylic acids is 3. The lowest BCUT2D eigenvalue weighted by molar-refractivity contribution is -0.139. The molecule has 1 atom stereocenters. The molecule has 0 saturated carbocycles. The van der Waals surface area contributed by atoms with E-state index in [2.05, 4.69) is 10.2 Å². The van der Waals surface area contributed by atoms with E-state index < -0.39 is 12.0 Å². The summed E-state index contributed by atoms with van der Waals surface area (Å²) in [6.07, 6.45) is 0.499. The highest BCUT2D eigenvalue weighted by Crippen LogP contribution is 2.33. The molecule has 0 aromatic heterocycles. The average molecular weight is 443 g/mol. The van der Waals surface area contributed by atoms with Crippen LogP contribution in [0.3, 0.4) is 0 Å². The van der Waals surface area contributed by atoms with Gasteiger partial charge in [-0.3, -0.25) is 14.6 Å². The fourth-order valence-corrected chi connectivity index (χ4v) is 4.29. The summed E-state index contributed by atoms with van der Waals surface area (Å²) in [5.41, 5.74) is 4.06. The summed E-state index contributed by atoms with van der Waals surface area (Å²) >= 11 is 0. The molecule has 1 aromatic carbocycles. The van der Waals surface area contributed by atoms with E-state index in [1.54, 1.807) is 14.0 Å². The van der Waals surface area contributed by atoms with Gasteiger partial charge in [-0.1, -0.05) is 30.7 Å². The van der Waals surface area contributed by atoms with Crippen molar-refractivity contribution in [2.24, 2.45) is 0 Å². The Bertz CT molecular complexity index is 919. The van der Waals surface area contributed by atoms with E-state index in [9.17, 15) is 14.4 Å².